The summed E-state index contributed by atoms with van der Waals surface area (Å²) in [4.78, 5) is 13.5. The molecule has 0 saturated carbocycles. The van der Waals surface area contributed by atoms with Gasteiger partial charge in [-0.3, -0.25) is 0 Å². The summed E-state index contributed by atoms with van der Waals surface area (Å²) in [6.45, 7) is 4.74. The molecule has 1 aromatic rings. The van der Waals surface area contributed by atoms with Crippen molar-refractivity contribution in [2.45, 2.75) is 32.9 Å². The van der Waals surface area contributed by atoms with Crippen LogP contribution in [0.25, 0.3) is 0 Å². The van der Waals surface area contributed by atoms with Crippen LogP contribution in [-0.2, 0) is 11.3 Å². The minimum Gasteiger partial charge on any atom is -0.445 e. The Balaban J connectivity index is 2.46. The van der Waals surface area contributed by atoms with Crippen LogP contribution in [0.3, 0.4) is 0 Å². The average Bonchev–Trinajstić information content (AvgIpc) is 2.37. The molecule has 0 bridgehead atoms. The molecule has 4 heteroatoms. The number of carbonyl (C=O) groups excluding carboxylic acids is 1. The molecule has 18 heavy (non-hydrogen) atoms. The van der Waals surface area contributed by atoms with Crippen LogP contribution in [0.1, 0.15) is 25.8 Å². The summed E-state index contributed by atoms with van der Waals surface area (Å²) in [7, 11) is 0. The van der Waals surface area contributed by atoms with E-state index >= 15 is 0 Å². The van der Waals surface area contributed by atoms with Crippen molar-refractivity contribution in [1.29, 1.82) is 0 Å². The molecule has 0 spiro atoms. The van der Waals surface area contributed by atoms with Crippen LogP contribution in [0.2, 0.25) is 0 Å². The molecule has 1 amide bonds. The lowest BCUT2D eigenvalue weighted by molar-refractivity contribution is 0.0830. The summed E-state index contributed by atoms with van der Waals surface area (Å²) < 4.78 is 5.25. The van der Waals surface area contributed by atoms with Crippen LogP contribution in [0.4, 0.5) is 4.79 Å². The highest BCUT2D eigenvalue weighted by Gasteiger charge is 2.17. The van der Waals surface area contributed by atoms with Crippen molar-refractivity contribution < 1.29 is 14.6 Å². The number of ether oxygens (including phenoxy) is 1. The number of aliphatic hydroxyl groups excluding tert-OH is 1. The van der Waals surface area contributed by atoms with Crippen molar-refractivity contribution in [3.05, 3.63) is 35.9 Å². The number of amides is 1. The Kier molecular flexibility index (Phi) is 6.22. The quantitative estimate of drug-likeness (QED) is 0.844. The highest BCUT2D eigenvalue weighted by atomic mass is 16.6. The fourth-order valence-electron chi connectivity index (χ4n) is 1.60. The maximum absolute atomic E-state index is 11.9. The van der Waals surface area contributed by atoms with Gasteiger partial charge in [-0.05, 0) is 25.8 Å². The standard InChI is InChI=1S/C14H21NO3/c1-12(2)15(9-6-10-16)14(17)18-11-13-7-4-3-5-8-13/h3-5,7-8,12,16H,6,9-11H2,1-2H3. The van der Waals surface area contributed by atoms with Gasteiger partial charge in [0.2, 0.25) is 0 Å². The minimum atomic E-state index is -0.331. The molecule has 4 nitrogen and oxygen atoms in total. The number of rotatable bonds is 6. The topological polar surface area (TPSA) is 49.8 Å². The molecule has 1 rings (SSSR count). The SMILES string of the molecule is CC(C)N(CCCO)C(=O)OCc1ccccc1. The molecule has 0 aliphatic carbocycles. The molecule has 1 N–H and O–H groups in total. The Morgan fingerprint density at radius 3 is 2.56 bits per heavy atom. The molecule has 0 aromatic heterocycles. The predicted octanol–water partition coefficient (Wildman–Crippen LogP) is 2.42. The van der Waals surface area contributed by atoms with Gasteiger partial charge in [0.1, 0.15) is 6.61 Å². The molecule has 0 saturated heterocycles. The smallest absolute Gasteiger partial charge is 0.410 e. The fraction of sp³-hybridized carbons (Fsp3) is 0.500. The first-order valence-electron chi connectivity index (χ1n) is 6.23. The molecule has 0 aliphatic rings. The van der Waals surface area contributed by atoms with Crippen LogP contribution in [0.5, 0.6) is 0 Å². The van der Waals surface area contributed by atoms with E-state index in [1.165, 1.54) is 0 Å². The normalized spacial score (nSPS) is 10.4. The molecule has 0 heterocycles. The average molecular weight is 251 g/mol. The third-order valence-corrected chi connectivity index (χ3v) is 2.62. The monoisotopic (exact) mass is 251 g/mol. The molecule has 1 aromatic carbocycles. The highest BCUT2D eigenvalue weighted by Crippen LogP contribution is 2.06. The maximum atomic E-state index is 11.9. The van der Waals surface area contributed by atoms with Crippen LogP contribution >= 0.6 is 0 Å². The van der Waals surface area contributed by atoms with E-state index in [0.717, 1.165) is 5.56 Å². The van der Waals surface area contributed by atoms with Gasteiger partial charge < -0.3 is 14.7 Å². The second-order valence-electron chi connectivity index (χ2n) is 4.40. The summed E-state index contributed by atoms with van der Waals surface area (Å²) in [5.74, 6) is 0. The predicted molar refractivity (Wildman–Crippen MR) is 70.2 cm³/mol. The van der Waals surface area contributed by atoms with E-state index < -0.39 is 0 Å². The van der Waals surface area contributed by atoms with Gasteiger partial charge in [0.05, 0.1) is 0 Å². The lowest BCUT2D eigenvalue weighted by Crippen LogP contribution is -2.38. The van der Waals surface area contributed by atoms with Crippen molar-refractivity contribution in [2.24, 2.45) is 0 Å². The summed E-state index contributed by atoms with van der Waals surface area (Å²) >= 11 is 0. The summed E-state index contributed by atoms with van der Waals surface area (Å²) in [6, 6.07) is 9.65. The third-order valence-electron chi connectivity index (χ3n) is 2.62. The van der Waals surface area contributed by atoms with E-state index in [9.17, 15) is 4.79 Å². The molecule has 0 aliphatic heterocycles. The maximum Gasteiger partial charge on any atom is 0.410 e. The first kappa shape index (κ1) is 14.5. The van der Waals surface area contributed by atoms with E-state index in [1.54, 1.807) is 4.90 Å². The summed E-state index contributed by atoms with van der Waals surface area (Å²) in [5, 5.41) is 8.81. The molecular formula is C14H21NO3. The molecule has 0 unspecified atom stereocenters. The van der Waals surface area contributed by atoms with E-state index in [4.69, 9.17) is 9.84 Å². The van der Waals surface area contributed by atoms with Crippen LogP contribution in [0, 0.1) is 0 Å². The van der Waals surface area contributed by atoms with Gasteiger partial charge in [-0.2, -0.15) is 0 Å². The van der Waals surface area contributed by atoms with Gasteiger partial charge in [0.15, 0.2) is 0 Å². The zero-order valence-corrected chi connectivity index (χ0v) is 11.0. The summed E-state index contributed by atoms with van der Waals surface area (Å²) in [5.41, 5.74) is 0.969. The molecule has 100 valence electrons. The van der Waals surface area contributed by atoms with Crippen molar-refractivity contribution in [1.82, 2.24) is 4.90 Å². The number of hydrogen-bond acceptors (Lipinski definition) is 3. The molecular weight excluding hydrogens is 230 g/mol. The number of nitrogens with zero attached hydrogens (tertiary/aromatic N) is 1. The highest BCUT2D eigenvalue weighted by molar-refractivity contribution is 5.67. The largest absolute Gasteiger partial charge is 0.445 e. The Labute approximate surface area is 108 Å². The molecule has 0 fully saturated rings. The Hall–Kier alpha value is -1.55. The zero-order chi connectivity index (χ0) is 13.4. The fourth-order valence-corrected chi connectivity index (χ4v) is 1.60. The first-order chi connectivity index (χ1) is 8.65. The van der Waals surface area contributed by atoms with Gasteiger partial charge in [-0.1, -0.05) is 30.3 Å². The van der Waals surface area contributed by atoms with Crippen LogP contribution < -0.4 is 0 Å². The Bertz CT molecular complexity index is 351. The van der Waals surface area contributed by atoms with Gasteiger partial charge in [0, 0.05) is 19.2 Å². The van der Waals surface area contributed by atoms with Gasteiger partial charge in [-0.25, -0.2) is 4.79 Å². The van der Waals surface area contributed by atoms with E-state index in [0.29, 0.717) is 13.0 Å². The minimum absolute atomic E-state index is 0.0693. The lowest BCUT2D eigenvalue weighted by Gasteiger charge is -2.25. The van der Waals surface area contributed by atoms with Crippen molar-refractivity contribution >= 4 is 6.09 Å². The Morgan fingerprint density at radius 2 is 2.00 bits per heavy atom. The van der Waals surface area contributed by atoms with Gasteiger partial charge >= 0.3 is 6.09 Å². The lowest BCUT2D eigenvalue weighted by atomic mass is 10.2. The van der Waals surface area contributed by atoms with Crippen LogP contribution in [-0.4, -0.2) is 35.3 Å². The van der Waals surface area contributed by atoms with E-state index in [-0.39, 0.29) is 25.3 Å². The van der Waals surface area contributed by atoms with Crippen molar-refractivity contribution in [3.63, 3.8) is 0 Å². The molecule has 0 atom stereocenters. The number of hydrogen-bond donors (Lipinski definition) is 1. The number of aliphatic hydroxyl groups is 1. The van der Waals surface area contributed by atoms with Crippen LogP contribution in [0.15, 0.2) is 30.3 Å². The first-order valence-corrected chi connectivity index (χ1v) is 6.23. The summed E-state index contributed by atoms with van der Waals surface area (Å²) in [6.07, 6.45) is 0.237. The van der Waals surface area contributed by atoms with E-state index in [2.05, 4.69) is 0 Å². The third kappa shape index (κ3) is 4.75. The van der Waals surface area contributed by atoms with E-state index in [1.807, 2.05) is 44.2 Å². The zero-order valence-electron chi connectivity index (χ0n) is 11.0. The van der Waals surface area contributed by atoms with Gasteiger partial charge in [-0.15, -0.1) is 0 Å². The van der Waals surface area contributed by atoms with Crippen molar-refractivity contribution in [3.8, 4) is 0 Å². The Morgan fingerprint density at radius 1 is 1.33 bits per heavy atom. The van der Waals surface area contributed by atoms with Crippen molar-refractivity contribution in [2.75, 3.05) is 13.2 Å². The number of benzene rings is 1. The van der Waals surface area contributed by atoms with Gasteiger partial charge in [0.25, 0.3) is 0 Å². The molecule has 0 radical (unpaired) electrons. The second kappa shape index (κ2) is 7.71. The second-order valence-corrected chi connectivity index (χ2v) is 4.40. The number of carbonyl (C=O) groups is 1.